The lowest BCUT2D eigenvalue weighted by Crippen LogP contribution is -2.71. The molecule has 0 aliphatic carbocycles. The summed E-state index contributed by atoms with van der Waals surface area (Å²) in [5.74, 6) is -3.28. The third-order valence-electron chi connectivity index (χ3n) is 5.23. The molecule has 14 nitrogen and oxygen atoms in total. The maximum atomic E-state index is 12.9. The zero-order valence-corrected chi connectivity index (χ0v) is 20.4. The van der Waals surface area contributed by atoms with Gasteiger partial charge in [0.05, 0.1) is 17.2 Å². The van der Waals surface area contributed by atoms with Crippen LogP contribution in [0.15, 0.2) is 41.0 Å². The van der Waals surface area contributed by atoms with Gasteiger partial charge in [-0.05, 0) is 6.92 Å². The molecule has 0 spiro atoms. The van der Waals surface area contributed by atoms with Crippen molar-refractivity contribution in [1.29, 1.82) is 0 Å². The van der Waals surface area contributed by atoms with Gasteiger partial charge in [0.25, 0.3) is 11.8 Å². The first-order chi connectivity index (χ1) is 17.2. The van der Waals surface area contributed by atoms with Crippen LogP contribution < -0.4 is 26.5 Å². The Bertz CT molecular complexity index is 1290. The lowest BCUT2D eigenvalue weighted by atomic mass is 10.0. The average Bonchev–Trinajstić information content (AvgIpc) is 3.28. The number of thioether (sulfide) groups is 1. The number of aromatic nitrogens is 3. The van der Waals surface area contributed by atoms with Crippen LogP contribution in [0.1, 0.15) is 23.1 Å². The van der Waals surface area contributed by atoms with Gasteiger partial charge in [0.2, 0.25) is 17.4 Å². The summed E-state index contributed by atoms with van der Waals surface area (Å²) in [6.45, 7) is 1.99. The zero-order chi connectivity index (χ0) is 26.0. The number of nitrogen functional groups attached to an aromatic ring is 1. The van der Waals surface area contributed by atoms with Gasteiger partial charge in [-0.15, -0.1) is 11.8 Å². The number of hydrogen-bond acceptors (Lipinski definition) is 12. The molecule has 2 aliphatic rings. The van der Waals surface area contributed by atoms with E-state index in [9.17, 15) is 24.3 Å². The summed E-state index contributed by atoms with van der Waals surface area (Å²) in [6.07, 6.45) is 3.16. The molecule has 4 rings (SSSR count). The summed E-state index contributed by atoms with van der Waals surface area (Å²) >= 11 is 2.15. The van der Waals surface area contributed by atoms with E-state index in [1.54, 1.807) is 23.9 Å². The van der Waals surface area contributed by atoms with Crippen LogP contribution in [0.4, 0.5) is 5.13 Å². The molecule has 2 aromatic heterocycles. The maximum Gasteiger partial charge on any atom is 0.278 e. The third-order valence-corrected chi connectivity index (χ3v) is 7.11. The van der Waals surface area contributed by atoms with E-state index in [1.165, 1.54) is 23.9 Å². The quantitative estimate of drug-likeness (QED) is 0.132. The fourth-order valence-electron chi connectivity index (χ4n) is 3.59. The number of β-lactam (4-membered cyclic amide) rings is 1. The fraction of sp³-hybridized carbons (Fsp3) is 0.300. The number of carbonyl (C=O) groups is 4. The van der Waals surface area contributed by atoms with Gasteiger partial charge >= 0.3 is 0 Å². The van der Waals surface area contributed by atoms with Crippen LogP contribution in [0.2, 0.25) is 0 Å². The Balaban J connectivity index is 1.52. The Morgan fingerprint density at radius 2 is 2.08 bits per heavy atom. The first-order valence-corrected chi connectivity index (χ1v) is 12.3. The van der Waals surface area contributed by atoms with E-state index in [4.69, 9.17) is 16.3 Å². The number of carboxylic acid groups (broad SMARTS) is 1. The number of anilines is 1. The van der Waals surface area contributed by atoms with E-state index in [1.807, 2.05) is 0 Å². The molecule has 2 aromatic rings. The van der Waals surface area contributed by atoms with Gasteiger partial charge in [0.15, 0.2) is 24.1 Å². The second kappa shape index (κ2) is 10.3. The second-order valence-electron chi connectivity index (χ2n) is 7.54. The van der Waals surface area contributed by atoms with E-state index in [0.29, 0.717) is 11.1 Å². The minimum atomic E-state index is -1.51. The van der Waals surface area contributed by atoms with Crippen LogP contribution >= 0.6 is 23.3 Å². The van der Waals surface area contributed by atoms with E-state index in [2.05, 4.69) is 19.8 Å². The van der Waals surface area contributed by atoms with Crippen molar-refractivity contribution in [2.45, 2.75) is 24.9 Å². The zero-order valence-electron chi connectivity index (χ0n) is 18.7. The molecule has 1 fully saturated rings. The van der Waals surface area contributed by atoms with Crippen molar-refractivity contribution < 1.29 is 33.7 Å². The van der Waals surface area contributed by atoms with E-state index in [0.717, 1.165) is 16.4 Å². The predicted octanol–water partition coefficient (Wildman–Crippen LogP) is -2.65. The van der Waals surface area contributed by atoms with E-state index in [-0.39, 0.29) is 41.3 Å². The van der Waals surface area contributed by atoms with Crippen LogP contribution in [-0.4, -0.2) is 67.4 Å². The largest absolute Gasteiger partial charge is 0.543 e. The van der Waals surface area contributed by atoms with Crippen molar-refractivity contribution in [2.24, 2.45) is 10.9 Å². The second-order valence-corrected chi connectivity index (χ2v) is 9.43. The Morgan fingerprint density at radius 1 is 1.36 bits per heavy atom. The monoisotopic (exact) mass is 532 g/mol. The predicted molar refractivity (Wildman–Crippen MR) is 125 cm³/mol. The number of nitrogens with two attached hydrogens (primary N) is 2. The Kier molecular flexibility index (Phi) is 7.16. The van der Waals surface area contributed by atoms with Crippen molar-refractivity contribution in [2.75, 3.05) is 18.1 Å². The molecule has 2 aliphatic heterocycles. The molecule has 3 amide bonds. The number of nitrogens with zero attached hydrogens (tertiary/aromatic N) is 5. The number of carboxylic acids is 1. The van der Waals surface area contributed by atoms with Crippen LogP contribution in [-0.2, 0) is 25.8 Å². The molecule has 2 atom stereocenters. The highest BCUT2D eigenvalue weighted by Gasteiger charge is 2.53. The molecule has 0 bridgehead atoms. The highest BCUT2D eigenvalue weighted by atomic mass is 32.2. The van der Waals surface area contributed by atoms with Crippen LogP contribution in [0.25, 0.3) is 0 Å². The average molecular weight is 533 g/mol. The minimum Gasteiger partial charge on any atom is -0.543 e. The van der Waals surface area contributed by atoms with Gasteiger partial charge in [-0.2, -0.15) is 9.36 Å². The number of oxime groups is 1. The Labute approximate surface area is 212 Å². The van der Waals surface area contributed by atoms with Gasteiger partial charge in [-0.3, -0.25) is 19.3 Å². The summed E-state index contributed by atoms with van der Waals surface area (Å²) in [5, 5.41) is 17.7. The highest BCUT2D eigenvalue weighted by Crippen LogP contribution is 2.40. The molecule has 0 radical (unpaired) electrons. The lowest BCUT2D eigenvalue weighted by Gasteiger charge is -2.50. The number of fused-ring (bicyclic) bond motifs is 1. The first kappa shape index (κ1) is 25.1. The number of nitrogens with one attached hydrogen (secondary N) is 1. The molecule has 1 unspecified atom stereocenters. The molecule has 1 saturated heterocycles. The van der Waals surface area contributed by atoms with Gasteiger partial charge < -0.3 is 31.5 Å². The summed E-state index contributed by atoms with van der Waals surface area (Å²) in [4.78, 5) is 59.1. The highest BCUT2D eigenvalue weighted by molar-refractivity contribution is 8.00. The Morgan fingerprint density at radius 3 is 2.67 bits per heavy atom. The molecular weight excluding hydrogens is 512 g/mol. The number of pyridine rings is 1. The molecule has 0 aromatic carbocycles. The van der Waals surface area contributed by atoms with Gasteiger partial charge in [-0.25, -0.2) is 4.57 Å². The van der Waals surface area contributed by atoms with Crippen molar-refractivity contribution >= 4 is 57.8 Å². The smallest absolute Gasteiger partial charge is 0.278 e. The fourth-order valence-corrected chi connectivity index (χ4v) is 5.36. The van der Waals surface area contributed by atoms with Crippen LogP contribution in [0, 0.1) is 0 Å². The van der Waals surface area contributed by atoms with Crippen molar-refractivity contribution in [3.05, 3.63) is 47.2 Å². The minimum absolute atomic E-state index is 0.0552. The normalized spacial score (nSPS) is 19.4. The first-order valence-electron chi connectivity index (χ1n) is 10.5. The number of hydrogen-bond donors (Lipinski definition) is 3. The topological polar surface area (TPSA) is 210 Å². The SMILES string of the molecule is CCON=C(C(=O)NC1C(=O)N2C(C(=O)[O-])=C(C[n+]3ccc(C(N)=O)cc3)CS[C@H]12)c1nsc(N)n1. The number of primary amides is 1. The lowest BCUT2D eigenvalue weighted by molar-refractivity contribution is -0.689. The number of carbonyl (C=O) groups excluding carboxylic acids is 4. The molecule has 16 heteroatoms. The molecule has 0 saturated carbocycles. The molecule has 188 valence electrons. The number of rotatable bonds is 9. The van der Waals surface area contributed by atoms with Crippen molar-refractivity contribution in [3.8, 4) is 0 Å². The summed E-state index contributed by atoms with van der Waals surface area (Å²) in [6, 6.07) is 2.00. The van der Waals surface area contributed by atoms with Crippen molar-refractivity contribution in [3.63, 3.8) is 0 Å². The molecular formula is C20H20N8O6S2. The van der Waals surface area contributed by atoms with Crippen molar-refractivity contribution in [1.82, 2.24) is 19.6 Å². The molecule has 36 heavy (non-hydrogen) atoms. The number of amides is 3. The van der Waals surface area contributed by atoms with Crippen LogP contribution in [0.5, 0.6) is 0 Å². The molecule has 4 heterocycles. The standard InChI is InChI=1S/C20H20N8O6S2/c1-2-34-25-11(15-24-20(22)36-26-15)16(30)23-12-17(31)28-13(19(32)33)10(8-35-18(12)28)7-27-5-3-9(4-6-27)14(21)29/h3-6,12,18H,2,7-8H2,1H3,(H5-,21,22,23,24,26,29,30,32,33)/t12?,18-/m1/s1. The number of aliphatic carboxylic acids is 1. The van der Waals surface area contributed by atoms with Crippen LogP contribution in [0.3, 0.4) is 0 Å². The molecule has 5 N–H and O–H groups in total. The van der Waals surface area contributed by atoms with Gasteiger partial charge in [0.1, 0.15) is 18.0 Å². The summed E-state index contributed by atoms with van der Waals surface area (Å²) < 4.78 is 5.60. The van der Waals surface area contributed by atoms with E-state index < -0.39 is 35.1 Å². The summed E-state index contributed by atoms with van der Waals surface area (Å²) in [7, 11) is 0. The maximum absolute atomic E-state index is 12.9. The Hall–Kier alpha value is -4.05. The van der Waals surface area contributed by atoms with Gasteiger partial charge in [-0.1, -0.05) is 5.16 Å². The summed E-state index contributed by atoms with van der Waals surface area (Å²) in [5.41, 5.74) is 11.1. The van der Waals surface area contributed by atoms with E-state index >= 15 is 0 Å². The van der Waals surface area contributed by atoms with Gasteiger partial charge in [0, 0.05) is 35.0 Å². The third kappa shape index (κ3) is 4.85.